The molecule has 0 bridgehead atoms. The fraction of sp³-hybridized carbons (Fsp3) is 0.0500. The van der Waals surface area contributed by atoms with E-state index in [0.717, 1.165) is 16.3 Å². The summed E-state index contributed by atoms with van der Waals surface area (Å²) in [6, 6.07) is 18.4. The molecule has 0 radical (unpaired) electrons. The number of para-hydroxylation sites is 1. The topological polar surface area (TPSA) is 86.9 Å². The van der Waals surface area contributed by atoms with Gasteiger partial charge in [0.05, 0.1) is 10.9 Å². The van der Waals surface area contributed by atoms with Crippen molar-refractivity contribution in [2.45, 2.75) is 6.92 Å². The van der Waals surface area contributed by atoms with Gasteiger partial charge < -0.3 is 0 Å². The van der Waals surface area contributed by atoms with E-state index >= 15 is 0 Å². The Hall–Kier alpha value is -3.67. The summed E-state index contributed by atoms with van der Waals surface area (Å²) in [6.45, 7) is 2.01. The first-order valence-corrected chi connectivity index (χ1v) is 8.17. The molecule has 0 saturated carbocycles. The Balaban J connectivity index is 1.62. The summed E-state index contributed by atoms with van der Waals surface area (Å²) >= 11 is 0. The average Bonchev–Trinajstić information content (AvgIpc) is 2.67. The first kappa shape index (κ1) is 15.8. The van der Waals surface area contributed by atoms with E-state index in [-0.39, 0.29) is 17.4 Å². The molecule has 0 aliphatic carbocycles. The van der Waals surface area contributed by atoms with Gasteiger partial charge in [0.15, 0.2) is 0 Å². The second-order valence-corrected chi connectivity index (χ2v) is 5.99. The lowest BCUT2D eigenvalue weighted by Crippen LogP contribution is -2.31. The summed E-state index contributed by atoms with van der Waals surface area (Å²) in [5, 5.41) is 2.39. The predicted molar refractivity (Wildman–Crippen MR) is 102 cm³/mol. The van der Waals surface area contributed by atoms with Crippen molar-refractivity contribution in [3.8, 4) is 0 Å². The first-order chi connectivity index (χ1) is 12.6. The molecule has 1 amide bonds. The van der Waals surface area contributed by atoms with Gasteiger partial charge in [0.2, 0.25) is 5.95 Å². The van der Waals surface area contributed by atoms with Gasteiger partial charge >= 0.3 is 0 Å². The fourth-order valence-electron chi connectivity index (χ4n) is 2.98. The molecule has 1 heterocycles. The lowest BCUT2D eigenvalue weighted by atomic mass is 10.00. The van der Waals surface area contributed by atoms with E-state index in [1.807, 2.05) is 37.3 Å². The average molecular weight is 344 g/mol. The molecule has 6 nitrogen and oxygen atoms in total. The van der Waals surface area contributed by atoms with E-state index in [4.69, 9.17) is 0 Å². The minimum atomic E-state index is -0.308. The van der Waals surface area contributed by atoms with E-state index in [1.54, 1.807) is 30.3 Å². The SMILES string of the molecule is Cc1ccc(C(=O)NNc2nc3ccccc3c(=O)[nH]2)c2ccccc12. The van der Waals surface area contributed by atoms with Gasteiger partial charge in [0, 0.05) is 5.56 Å². The third-order valence-electron chi connectivity index (χ3n) is 4.29. The molecule has 4 aromatic rings. The quantitative estimate of drug-likeness (QED) is 0.498. The number of carbonyl (C=O) groups is 1. The largest absolute Gasteiger partial charge is 0.291 e. The summed E-state index contributed by atoms with van der Waals surface area (Å²) in [4.78, 5) is 31.6. The van der Waals surface area contributed by atoms with Crippen molar-refractivity contribution < 1.29 is 4.79 Å². The van der Waals surface area contributed by atoms with Crippen LogP contribution in [0.1, 0.15) is 15.9 Å². The number of nitrogens with one attached hydrogen (secondary N) is 3. The number of aryl methyl sites for hydroxylation is 1. The van der Waals surface area contributed by atoms with Crippen LogP contribution in [0.15, 0.2) is 65.5 Å². The molecule has 3 N–H and O–H groups in total. The van der Waals surface area contributed by atoms with Crippen LogP contribution in [0.5, 0.6) is 0 Å². The molecular weight excluding hydrogens is 328 g/mol. The molecule has 128 valence electrons. The number of fused-ring (bicyclic) bond motifs is 2. The lowest BCUT2D eigenvalue weighted by Gasteiger charge is -2.11. The summed E-state index contributed by atoms with van der Waals surface area (Å²) in [5.74, 6) is -0.129. The summed E-state index contributed by atoms with van der Waals surface area (Å²) < 4.78 is 0. The standard InChI is InChI=1S/C20H16N4O2/c1-12-10-11-15(14-7-3-2-6-13(12)14)19(26)23-24-20-21-17-9-5-4-8-16(17)18(25)22-20/h2-11H,1H3,(H,23,26)(H2,21,22,24,25). The van der Waals surface area contributed by atoms with Crippen molar-refractivity contribution in [3.05, 3.63) is 82.1 Å². The third kappa shape index (κ3) is 2.77. The lowest BCUT2D eigenvalue weighted by molar-refractivity contribution is 0.0964. The molecule has 3 aromatic carbocycles. The number of anilines is 1. The highest BCUT2D eigenvalue weighted by Crippen LogP contribution is 2.22. The Morgan fingerprint density at radius 2 is 1.62 bits per heavy atom. The van der Waals surface area contributed by atoms with Crippen molar-refractivity contribution in [3.63, 3.8) is 0 Å². The van der Waals surface area contributed by atoms with Crippen LogP contribution in [-0.4, -0.2) is 15.9 Å². The zero-order valence-electron chi connectivity index (χ0n) is 14.0. The van der Waals surface area contributed by atoms with Crippen molar-refractivity contribution in [2.24, 2.45) is 0 Å². The van der Waals surface area contributed by atoms with Crippen LogP contribution in [0.4, 0.5) is 5.95 Å². The number of benzene rings is 3. The van der Waals surface area contributed by atoms with E-state index in [1.165, 1.54) is 0 Å². The van der Waals surface area contributed by atoms with Gasteiger partial charge in [-0.1, -0.05) is 42.5 Å². The highest BCUT2D eigenvalue weighted by Gasteiger charge is 2.11. The molecule has 0 fully saturated rings. The normalized spacial score (nSPS) is 10.8. The van der Waals surface area contributed by atoms with Crippen LogP contribution in [0.3, 0.4) is 0 Å². The van der Waals surface area contributed by atoms with Crippen molar-refractivity contribution in [1.82, 2.24) is 15.4 Å². The monoisotopic (exact) mass is 344 g/mol. The van der Waals surface area contributed by atoms with Crippen LogP contribution in [0.2, 0.25) is 0 Å². The first-order valence-electron chi connectivity index (χ1n) is 8.17. The summed E-state index contributed by atoms with van der Waals surface area (Å²) in [7, 11) is 0. The zero-order valence-corrected chi connectivity index (χ0v) is 14.0. The number of amides is 1. The summed E-state index contributed by atoms with van der Waals surface area (Å²) in [6.07, 6.45) is 0. The van der Waals surface area contributed by atoms with Crippen LogP contribution >= 0.6 is 0 Å². The molecule has 0 aliphatic rings. The number of H-pyrrole nitrogens is 1. The third-order valence-corrected chi connectivity index (χ3v) is 4.29. The van der Waals surface area contributed by atoms with Crippen molar-refractivity contribution in [1.29, 1.82) is 0 Å². The number of hydrazine groups is 1. The molecule has 1 aromatic heterocycles. The van der Waals surface area contributed by atoms with Gasteiger partial charge in [0.25, 0.3) is 11.5 Å². The maximum Gasteiger partial charge on any atom is 0.270 e. The molecule has 0 aliphatic heterocycles. The van der Waals surface area contributed by atoms with E-state index in [2.05, 4.69) is 20.8 Å². The Bertz CT molecular complexity index is 1200. The van der Waals surface area contributed by atoms with Crippen LogP contribution in [-0.2, 0) is 0 Å². The van der Waals surface area contributed by atoms with E-state index < -0.39 is 0 Å². The number of nitrogens with zero attached hydrogens (tertiary/aromatic N) is 1. The molecule has 0 spiro atoms. The molecule has 0 atom stereocenters. The maximum absolute atomic E-state index is 12.6. The van der Waals surface area contributed by atoms with Crippen LogP contribution in [0, 0.1) is 6.92 Å². The molecule has 0 unspecified atom stereocenters. The molecule has 6 heteroatoms. The number of aromatic nitrogens is 2. The number of rotatable bonds is 3. The van der Waals surface area contributed by atoms with Crippen molar-refractivity contribution in [2.75, 3.05) is 5.43 Å². The predicted octanol–water partition coefficient (Wildman–Crippen LogP) is 3.14. The van der Waals surface area contributed by atoms with Gasteiger partial charge in [0.1, 0.15) is 0 Å². The van der Waals surface area contributed by atoms with Gasteiger partial charge in [-0.25, -0.2) is 4.98 Å². The Morgan fingerprint density at radius 1 is 0.923 bits per heavy atom. The summed E-state index contributed by atoms with van der Waals surface area (Å²) in [5.41, 5.74) is 7.21. The van der Waals surface area contributed by atoms with Crippen molar-refractivity contribution >= 4 is 33.5 Å². The Labute approximate surface area is 148 Å². The number of hydrogen-bond acceptors (Lipinski definition) is 4. The Morgan fingerprint density at radius 3 is 2.42 bits per heavy atom. The van der Waals surface area contributed by atoms with E-state index in [0.29, 0.717) is 16.5 Å². The molecule has 26 heavy (non-hydrogen) atoms. The number of aromatic amines is 1. The fourth-order valence-corrected chi connectivity index (χ4v) is 2.98. The zero-order chi connectivity index (χ0) is 18.1. The van der Waals surface area contributed by atoms with E-state index in [9.17, 15) is 9.59 Å². The minimum Gasteiger partial charge on any atom is -0.291 e. The highest BCUT2D eigenvalue weighted by atomic mass is 16.2. The Kier molecular flexibility index (Phi) is 3.85. The smallest absolute Gasteiger partial charge is 0.270 e. The van der Waals surface area contributed by atoms with Crippen LogP contribution in [0.25, 0.3) is 21.7 Å². The van der Waals surface area contributed by atoms with Gasteiger partial charge in [-0.05, 0) is 41.5 Å². The van der Waals surface area contributed by atoms with Crippen LogP contribution < -0.4 is 16.4 Å². The molecule has 4 rings (SSSR count). The minimum absolute atomic E-state index is 0.179. The maximum atomic E-state index is 12.6. The number of hydrogen-bond donors (Lipinski definition) is 3. The van der Waals surface area contributed by atoms with Gasteiger partial charge in [-0.15, -0.1) is 0 Å². The molecular formula is C20H16N4O2. The second kappa shape index (κ2) is 6.33. The second-order valence-electron chi connectivity index (χ2n) is 5.99. The molecule has 0 saturated heterocycles. The number of carbonyl (C=O) groups excluding carboxylic acids is 1. The van der Waals surface area contributed by atoms with Gasteiger partial charge in [-0.2, -0.15) is 0 Å². The highest BCUT2D eigenvalue weighted by molar-refractivity contribution is 6.08. The van der Waals surface area contributed by atoms with Gasteiger partial charge in [-0.3, -0.25) is 25.4 Å².